The molecule has 0 saturated heterocycles. The van der Waals surface area contributed by atoms with Crippen molar-refractivity contribution in [2.45, 2.75) is 13.5 Å². The van der Waals surface area contributed by atoms with Crippen LogP contribution in [0.25, 0.3) is 20.8 Å². The van der Waals surface area contributed by atoms with Crippen molar-refractivity contribution in [3.63, 3.8) is 0 Å². The standard InChI is InChI=1S/C19H17N3O3S2/c1-3-25-15-5-4-12(8-16(15)24-2)17-21-13(10-27-17)9-22-11-20-18-14(19(22)23)6-7-26-18/h4-8,10-11H,3,9H2,1-2H3. The van der Waals surface area contributed by atoms with E-state index in [0.717, 1.165) is 21.1 Å². The fraction of sp³-hybridized carbons (Fsp3) is 0.211. The van der Waals surface area contributed by atoms with Crippen molar-refractivity contribution in [3.8, 4) is 22.1 Å². The molecule has 0 spiro atoms. The van der Waals surface area contributed by atoms with Crippen LogP contribution in [0, 0.1) is 0 Å². The van der Waals surface area contributed by atoms with Gasteiger partial charge in [-0.3, -0.25) is 9.36 Å². The first kappa shape index (κ1) is 17.7. The Morgan fingerprint density at radius 2 is 2.07 bits per heavy atom. The van der Waals surface area contributed by atoms with Crippen LogP contribution in [0.3, 0.4) is 0 Å². The summed E-state index contributed by atoms with van der Waals surface area (Å²) in [6, 6.07) is 7.57. The van der Waals surface area contributed by atoms with Gasteiger partial charge in [-0.2, -0.15) is 0 Å². The lowest BCUT2D eigenvalue weighted by molar-refractivity contribution is 0.311. The summed E-state index contributed by atoms with van der Waals surface area (Å²) in [4.78, 5) is 22.3. The van der Waals surface area contributed by atoms with Crippen LogP contribution in [0.15, 0.2) is 46.1 Å². The fourth-order valence-electron chi connectivity index (χ4n) is 2.77. The Labute approximate surface area is 163 Å². The molecule has 0 aliphatic rings. The van der Waals surface area contributed by atoms with Gasteiger partial charge in [0.05, 0.1) is 37.7 Å². The molecule has 6 nitrogen and oxygen atoms in total. The van der Waals surface area contributed by atoms with Crippen molar-refractivity contribution in [3.05, 3.63) is 57.4 Å². The van der Waals surface area contributed by atoms with Crippen LogP contribution in [0.2, 0.25) is 0 Å². The van der Waals surface area contributed by atoms with Crippen molar-refractivity contribution in [1.82, 2.24) is 14.5 Å². The molecule has 0 saturated carbocycles. The Kier molecular flexibility index (Phi) is 4.91. The van der Waals surface area contributed by atoms with Crippen molar-refractivity contribution in [2.24, 2.45) is 0 Å². The molecule has 1 aromatic carbocycles. The summed E-state index contributed by atoms with van der Waals surface area (Å²) in [5.41, 5.74) is 1.73. The molecule has 0 aliphatic carbocycles. The molecule has 0 aliphatic heterocycles. The number of ether oxygens (including phenoxy) is 2. The van der Waals surface area contributed by atoms with Gasteiger partial charge in [0.25, 0.3) is 5.56 Å². The Morgan fingerprint density at radius 3 is 2.89 bits per heavy atom. The van der Waals surface area contributed by atoms with Gasteiger partial charge in [-0.25, -0.2) is 9.97 Å². The number of benzene rings is 1. The minimum Gasteiger partial charge on any atom is -0.493 e. The first-order valence-electron chi connectivity index (χ1n) is 8.38. The van der Waals surface area contributed by atoms with Crippen molar-refractivity contribution >= 4 is 32.9 Å². The van der Waals surface area contributed by atoms with Gasteiger partial charge in [0.15, 0.2) is 11.5 Å². The molecule has 0 amide bonds. The maximum Gasteiger partial charge on any atom is 0.262 e. The van der Waals surface area contributed by atoms with E-state index in [1.54, 1.807) is 18.0 Å². The van der Waals surface area contributed by atoms with E-state index in [-0.39, 0.29) is 5.56 Å². The second kappa shape index (κ2) is 7.50. The molecule has 0 atom stereocenters. The Morgan fingerprint density at radius 1 is 1.19 bits per heavy atom. The minimum absolute atomic E-state index is 0.0430. The molecule has 8 heteroatoms. The van der Waals surface area contributed by atoms with Gasteiger partial charge in [-0.15, -0.1) is 22.7 Å². The molecular formula is C19H17N3O3S2. The summed E-state index contributed by atoms with van der Waals surface area (Å²) in [6.45, 7) is 2.90. The quantitative estimate of drug-likeness (QED) is 0.490. The molecule has 0 unspecified atom stereocenters. The summed E-state index contributed by atoms with van der Waals surface area (Å²) in [5, 5.41) is 5.35. The molecule has 3 aromatic heterocycles. The van der Waals surface area contributed by atoms with Crippen LogP contribution in [-0.2, 0) is 6.54 Å². The monoisotopic (exact) mass is 399 g/mol. The van der Waals surface area contributed by atoms with Crippen molar-refractivity contribution in [1.29, 1.82) is 0 Å². The first-order valence-corrected chi connectivity index (χ1v) is 10.1. The molecule has 0 bridgehead atoms. The zero-order valence-electron chi connectivity index (χ0n) is 14.8. The van der Waals surface area contributed by atoms with Crippen LogP contribution >= 0.6 is 22.7 Å². The van der Waals surface area contributed by atoms with Gasteiger partial charge in [-0.1, -0.05) is 0 Å². The molecule has 4 rings (SSSR count). The molecule has 27 heavy (non-hydrogen) atoms. The van der Waals surface area contributed by atoms with Gasteiger partial charge in [0, 0.05) is 10.9 Å². The minimum atomic E-state index is -0.0430. The van der Waals surface area contributed by atoms with E-state index in [9.17, 15) is 4.79 Å². The number of thiophene rings is 1. The third kappa shape index (κ3) is 3.45. The number of nitrogens with zero attached hydrogens (tertiary/aromatic N) is 3. The van der Waals surface area contributed by atoms with Crippen molar-refractivity contribution in [2.75, 3.05) is 13.7 Å². The van der Waals surface area contributed by atoms with Crippen LogP contribution < -0.4 is 15.0 Å². The Bertz CT molecular complexity index is 1150. The highest BCUT2D eigenvalue weighted by atomic mass is 32.1. The second-order valence-electron chi connectivity index (χ2n) is 5.76. The van der Waals surface area contributed by atoms with Gasteiger partial charge < -0.3 is 9.47 Å². The van der Waals surface area contributed by atoms with Gasteiger partial charge in [-0.05, 0) is 36.6 Å². The lowest BCUT2D eigenvalue weighted by Gasteiger charge is -2.10. The summed E-state index contributed by atoms with van der Waals surface area (Å²) in [6.07, 6.45) is 1.58. The van der Waals surface area contributed by atoms with E-state index in [1.165, 1.54) is 22.7 Å². The number of hydrogen-bond acceptors (Lipinski definition) is 7. The van der Waals surface area contributed by atoms with Crippen molar-refractivity contribution < 1.29 is 9.47 Å². The lowest BCUT2D eigenvalue weighted by Crippen LogP contribution is -2.20. The number of hydrogen-bond donors (Lipinski definition) is 0. The van der Waals surface area contributed by atoms with Crippen LogP contribution in [-0.4, -0.2) is 28.3 Å². The van der Waals surface area contributed by atoms with Gasteiger partial charge in [0.2, 0.25) is 0 Å². The molecule has 4 aromatic rings. The Balaban J connectivity index is 1.61. The third-order valence-electron chi connectivity index (χ3n) is 4.04. The molecular weight excluding hydrogens is 382 g/mol. The number of thiazole rings is 1. The summed E-state index contributed by atoms with van der Waals surface area (Å²) in [7, 11) is 1.62. The summed E-state index contributed by atoms with van der Waals surface area (Å²) in [5.74, 6) is 1.39. The number of rotatable bonds is 6. The molecule has 0 fully saturated rings. The first-order chi connectivity index (χ1) is 13.2. The lowest BCUT2D eigenvalue weighted by atomic mass is 10.2. The molecule has 0 radical (unpaired) electrons. The average molecular weight is 399 g/mol. The summed E-state index contributed by atoms with van der Waals surface area (Å²) >= 11 is 3.00. The predicted molar refractivity (Wildman–Crippen MR) is 108 cm³/mol. The van der Waals surface area contributed by atoms with Crippen LogP contribution in [0.5, 0.6) is 11.5 Å². The molecule has 138 valence electrons. The maximum absolute atomic E-state index is 12.5. The van der Waals surface area contributed by atoms with Gasteiger partial charge in [0.1, 0.15) is 9.84 Å². The highest BCUT2D eigenvalue weighted by molar-refractivity contribution is 7.16. The van der Waals surface area contributed by atoms with E-state index in [0.29, 0.717) is 30.0 Å². The predicted octanol–water partition coefficient (Wildman–Crippen LogP) is 4.04. The van der Waals surface area contributed by atoms with Crippen LogP contribution in [0.1, 0.15) is 12.6 Å². The van der Waals surface area contributed by atoms with E-state index < -0.39 is 0 Å². The third-order valence-corrected chi connectivity index (χ3v) is 5.81. The van der Waals surface area contributed by atoms with E-state index in [2.05, 4.69) is 9.97 Å². The zero-order chi connectivity index (χ0) is 18.8. The van der Waals surface area contributed by atoms with E-state index >= 15 is 0 Å². The number of aromatic nitrogens is 3. The highest BCUT2D eigenvalue weighted by Crippen LogP contribution is 2.33. The highest BCUT2D eigenvalue weighted by Gasteiger charge is 2.11. The number of methoxy groups -OCH3 is 1. The SMILES string of the molecule is CCOc1ccc(-c2nc(Cn3cnc4sccc4c3=O)cs2)cc1OC. The maximum atomic E-state index is 12.5. The van der Waals surface area contributed by atoms with E-state index in [1.807, 2.05) is 41.9 Å². The zero-order valence-corrected chi connectivity index (χ0v) is 16.5. The van der Waals surface area contributed by atoms with Crippen LogP contribution in [0.4, 0.5) is 0 Å². The Hall–Kier alpha value is -2.71. The normalized spacial score (nSPS) is 11.0. The topological polar surface area (TPSA) is 66.2 Å². The molecule has 0 N–H and O–H groups in total. The fourth-order valence-corrected chi connectivity index (χ4v) is 4.30. The van der Waals surface area contributed by atoms with Gasteiger partial charge >= 0.3 is 0 Å². The largest absolute Gasteiger partial charge is 0.493 e. The summed E-state index contributed by atoms with van der Waals surface area (Å²) < 4.78 is 12.6. The molecule has 3 heterocycles. The number of fused-ring (bicyclic) bond motifs is 1. The van der Waals surface area contributed by atoms with E-state index in [4.69, 9.17) is 9.47 Å². The average Bonchev–Trinajstić information content (AvgIpc) is 3.34. The smallest absolute Gasteiger partial charge is 0.262 e. The second-order valence-corrected chi connectivity index (χ2v) is 7.51.